The fraction of sp³-hybridized carbons (Fsp3) is 0.389. The number of para-hydroxylation sites is 1. The molecule has 2 rings (SSSR count). The van der Waals surface area contributed by atoms with E-state index in [0.29, 0.717) is 11.1 Å². The van der Waals surface area contributed by atoms with Crippen molar-refractivity contribution in [1.82, 2.24) is 9.97 Å². The highest BCUT2D eigenvalue weighted by molar-refractivity contribution is 7.99. The first kappa shape index (κ1) is 18.3. The largest absolute Gasteiger partial charge is 0.325 e. The molecule has 0 aliphatic heterocycles. The number of nitrogens with zero attached hydrogens (tertiary/aromatic N) is 1. The third-order valence-electron chi connectivity index (χ3n) is 3.57. The fourth-order valence-corrected chi connectivity index (χ4v) is 2.94. The average molecular weight is 345 g/mol. The lowest BCUT2D eigenvalue weighted by Crippen LogP contribution is -2.19. The molecule has 2 aromatic rings. The van der Waals surface area contributed by atoms with Crippen molar-refractivity contribution in [2.75, 3.05) is 11.1 Å². The molecule has 1 heterocycles. The number of aromatic nitrogens is 2. The van der Waals surface area contributed by atoms with Crippen molar-refractivity contribution < 1.29 is 4.79 Å². The second-order valence-electron chi connectivity index (χ2n) is 6.07. The van der Waals surface area contributed by atoms with E-state index in [1.807, 2.05) is 37.3 Å². The van der Waals surface area contributed by atoms with Gasteiger partial charge in [0.15, 0.2) is 5.16 Å². The molecule has 1 aromatic carbocycles. The average Bonchev–Trinajstić information content (AvgIpc) is 2.53. The molecule has 0 aliphatic carbocycles. The van der Waals surface area contributed by atoms with Gasteiger partial charge in [0.2, 0.25) is 5.91 Å². The number of aromatic amines is 1. The van der Waals surface area contributed by atoms with E-state index in [4.69, 9.17) is 0 Å². The maximum absolute atomic E-state index is 12.2. The molecule has 0 bridgehead atoms. The van der Waals surface area contributed by atoms with Gasteiger partial charge in [-0.15, -0.1) is 0 Å². The Hall–Kier alpha value is -2.08. The summed E-state index contributed by atoms with van der Waals surface area (Å²) in [5.74, 6) is 0.609. The summed E-state index contributed by atoms with van der Waals surface area (Å²) >= 11 is 1.23. The second kappa shape index (κ2) is 8.68. The van der Waals surface area contributed by atoms with Crippen molar-refractivity contribution in [2.45, 2.75) is 38.8 Å². The van der Waals surface area contributed by atoms with Gasteiger partial charge in [-0.1, -0.05) is 43.8 Å². The van der Waals surface area contributed by atoms with Crippen molar-refractivity contribution in [1.29, 1.82) is 0 Å². The zero-order chi connectivity index (χ0) is 17.5. The van der Waals surface area contributed by atoms with Crippen molar-refractivity contribution in [3.8, 4) is 0 Å². The lowest BCUT2D eigenvalue weighted by Gasteiger charge is -2.09. The van der Waals surface area contributed by atoms with E-state index in [1.54, 1.807) is 0 Å². The Morgan fingerprint density at radius 3 is 2.62 bits per heavy atom. The van der Waals surface area contributed by atoms with Crippen molar-refractivity contribution in [3.05, 3.63) is 51.9 Å². The second-order valence-corrected chi connectivity index (χ2v) is 7.03. The van der Waals surface area contributed by atoms with Crippen LogP contribution in [0.1, 0.15) is 31.5 Å². The molecule has 2 N–H and O–H groups in total. The molecule has 1 aromatic heterocycles. The number of carbonyl (C=O) groups excluding carboxylic acids is 1. The smallest absolute Gasteiger partial charge is 0.254 e. The molecule has 0 fully saturated rings. The molecule has 24 heavy (non-hydrogen) atoms. The van der Waals surface area contributed by atoms with E-state index in [9.17, 15) is 9.59 Å². The number of nitrogens with one attached hydrogen (secondary N) is 2. The Morgan fingerprint density at radius 1 is 1.29 bits per heavy atom. The van der Waals surface area contributed by atoms with Crippen LogP contribution in [0.15, 0.2) is 40.3 Å². The van der Waals surface area contributed by atoms with E-state index in [-0.39, 0.29) is 17.2 Å². The molecule has 0 aliphatic rings. The van der Waals surface area contributed by atoms with Crippen LogP contribution in [0.2, 0.25) is 0 Å². The van der Waals surface area contributed by atoms with Crippen LogP contribution in [0.4, 0.5) is 5.69 Å². The van der Waals surface area contributed by atoms with E-state index in [1.165, 1.54) is 11.8 Å². The standard InChI is InChI=1S/C18H23N3O2S/c1-12(2)9-10-15-13(3)19-18(21-17(15)23)24-11-16(22)20-14-7-5-4-6-8-14/h4-8,12H,9-11H2,1-3H3,(H,20,22)(H,19,21,23). The van der Waals surface area contributed by atoms with E-state index in [2.05, 4.69) is 29.1 Å². The number of carbonyl (C=O) groups is 1. The van der Waals surface area contributed by atoms with Crippen molar-refractivity contribution in [2.24, 2.45) is 5.92 Å². The SMILES string of the molecule is Cc1nc(SCC(=O)Nc2ccccc2)[nH]c(=O)c1CCC(C)C. The Labute approximate surface area is 146 Å². The first-order valence-corrected chi connectivity index (χ1v) is 9.01. The van der Waals surface area contributed by atoms with E-state index < -0.39 is 0 Å². The molecule has 128 valence electrons. The number of thioether (sulfide) groups is 1. The molecule has 0 unspecified atom stereocenters. The van der Waals surface area contributed by atoms with Crippen molar-refractivity contribution in [3.63, 3.8) is 0 Å². The zero-order valence-corrected chi connectivity index (χ0v) is 15.1. The van der Waals surface area contributed by atoms with Gasteiger partial charge in [-0.2, -0.15) is 0 Å². The Kier molecular flexibility index (Phi) is 6.61. The topological polar surface area (TPSA) is 74.8 Å². The van der Waals surface area contributed by atoms with Gasteiger partial charge >= 0.3 is 0 Å². The maximum atomic E-state index is 12.2. The van der Waals surface area contributed by atoms with Crippen LogP contribution in [0, 0.1) is 12.8 Å². The number of amides is 1. The molecule has 0 atom stereocenters. The number of H-pyrrole nitrogens is 1. The predicted molar refractivity (Wildman–Crippen MR) is 98.5 cm³/mol. The van der Waals surface area contributed by atoms with Crippen molar-refractivity contribution >= 4 is 23.4 Å². The molecular weight excluding hydrogens is 322 g/mol. The van der Waals surface area contributed by atoms with Gasteiger partial charge in [0.1, 0.15) is 0 Å². The molecule has 5 nitrogen and oxygen atoms in total. The molecule has 1 amide bonds. The maximum Gasteiger partial charge on any atom is 0.254 e. The van der Waals surface area contributed by atoms with Crippen LogP contribution in [0.5, 0.6) is 0 Å². The zero-order valence-electron chi connectivity index (χ0n) is 14.3. The fourth-order valence-electron chi connectivity index (χ4n) is 2.23. The Bertz CT molecular complexity index is 742. The van der Waals surface area contributed by atoms with Gasteiger partial charge < -0.3 is 10.3 Å². The number of aryl methyl sites for hydroxylation is 1. The molecule has 0 spiro atoms. The van der Waals surface area contributed by atoms with Gasteiger partial charge in [0.25, 0.3) is 5.56 Å². The van der Waals surface area contributed by atoms with Crippen LogP contribution >= 0.6 is 11.8 Å². The highest BCUT2D eigenvalue weighted by atomic mass is 32.2. The third kappa shape index (κ3) is 5.53. The van der Waals surface area contributed by atoms with E-state index >= 15 is 0 Å². The summed E-state index contributed by atoms with van der Waals surface area (Å²) < 4.78 is 0. The first-order chi connectivity index (χ1) is 11.5. The summed E-state index contributed by atoms with van der Waals surface area (Å²) in [5, 5.41) is 3.29. The number of anilines is 1. The number of hydrogen-bond acceptors (Lipinski definition) is 4. The highest BCUT2D eigenvalue weighted by Crippen LogP contribution is 2.15. The summed E-state index contributed by atoms with van der Waals surface area (Å²) in [6, 6.07) is 9.28. The van der Waals surface area contributed by atoms with Gasteiger partial charge in [0.05, 0.1) is 5.75 Å². The van der Waals surface area contributed by atoms with Gasteiger partial charge in [-0.25, -0.2) is 4.98 Å². The van der Waals surface area contributed by atoms with Crippen LogP contribution in [0.25, 0.3) is 0 Å². The Morgan fingerprint density at radius 2 is 2.00 bits per heavy atom. The minimum atomic E-state index is -0.129. The minimum absolute atomic E-state index is 0.103. The summed E-state index contributed by atoms with van der Waals surface area (Å²) in [7, 11) is 0. The molecule has 6 heteroatoms. The van der Waals surface area contributed by atoms with Crippen LogP contribution in [0.3, 0.4) is 0 Å². The Balaban J connectivity index is 1.95. The first-order valence-electron chi connectivity index (χ1n) is 8.03. The summed E-state index contributed by atoms with van der Waals surface area (Å²) in [6.45, 7) is 6.11. The molecule has 0 saturated heterocycles. The van der Waals surface area contributed by atoms with Gasteiger partial charge in [0, 0.05) is 16.9 Å². The molecule has 0 radical (unpaired) electrons. The van der Waals surface area contributed by atoms with Gasteiger partial charge in [-0.05, 0) is 37.8 Å². The third-order valence-corrected chi connectivity index (χ3v) is 4.44. The quantitative estimate of drug-likeness (QED) is 0.596. The van der Waals surface area contributed by atoms with Gasteiger partial charge in [-0.3, -0.25) is 9.59 Å². The molecular formula is C18H23N3O2S. The predicted octanol–water partition coefficient (Wildman–Crippen LogP) is 3.40. The summed E-state index contributed by atoms with van der Waals surface area (Å²) in [6.07, 6.45) is 1.68. The minimum Gasteiger partial charge on any atom is -0.325 e. The summed E-state index contributed by atoms with van der Waals surface area (Å²) in [4.78, 5) is 31.3. The number of benzene rings is 1. The van der Waals surface area contributed by atoms with Crippen LogP contribution < -0.4 is 10.9 Å². The number of hydrogen-bond donors (Lipinski definition) is 2. The lowest BCUT2D eigenvalue weighted by atomic mass is 10.0. The monoisotopic (exact) mass is 345 g/mol. The van der Waals surface area contributed by atoms with E-state index in [0.717, 1.165) is 29.8 Å². The molecule has 0 saturated carbocycles. The van der Waals surface area contributed by atoms with Crippen LogP contribution in [-0.2, 0) is 11.2 Å². The highest BCUT2D eigenvalue weighted by Gasteiger charge is 2.11. The summed E-state index contributed by atoms with van der Waals surface area (Å²) in [5.41, 5.74) is 2.13. The van der Waals surface area contributed by atoms with Crippen LogP contribution in [-0.4, -0.2) is 21.6 Å². The number of rotatable bonds is 7. The lowest BCUT2D eigenvalue weighted by molar-refractivity contribution is -0.113. The normalized spacial score (nSPS) is 10.8.